The highest BCUT2D eigenvalue weighted by Gasteiger charge is 2.36. The number of aryl methyl sites for hydroxylation is 1. The lowest BCUT2D eigenvalue weighted by Gasteiger charge is -2.35. The standard InChI is InChI=1S/C29H29FN2O/c1-18(20-9-12-23(30)13-10-20)28(32(3)4)29-25-14-11-21(15-22(25)17-33-29)27-16-31-19(2)24-7-5-6-8-26(24)27/h5-16,18,28-29H,17H2,1-4H3. The Kier molecular flexibility index (Phi) is 5.73. The Morgan fingerprint density at radius 1 is 1.00 bits per heavy atom. The maximum Gasteiger partial charge on any atom is 0.123 e. The summed E-state index contributed by atoms with van der Waals surface area (Å²) in [5.41, 5.74) is 6.92. The zero-order valence-electron chi connectivity index (χ0n) is 19.5. The van der Waals surface area contributed by atoms with Crippen LogP contribution in [0.3, 0.4) is 0 Å². The molecule has 168 valence electrons. The molecule has 4 aromatic rings. The molecule has 3 atom stereocenters. The van der Waals surface area contributed by atoms with Crippen LogP contribution in [-0.4, -0.2) is 30.0 Å². The van der Waals surface area contributed by atoms with Crippen molar-refractivity contribution in [3.05, 3.63) is 101 Å². The van der Waals surface area contributed by atoms with Crippen molar-refractivity contribution in [3.63, 3.8) is 0 Å². The first kappa shape index (κ1) is 21.7. The lowest BCUT2D eigenvalue weighted by atomic mass is 9.85. The maximum atomic E-state index is 13.5. The molecule has 0 spiro atoms. The normalized spacial score (nSPS) is 17.3. The Labute approximate surface area is 194 Å². The van der Waals surface area contributed by atoms with Crippen LogP contribution in [0.5, 0.6) is 0 Å². The van der Waals surface area contributed by atoms with Crippen LogP contribution in [0.1, 0.15) is 41.3 Å². The number of pyridine rings is 1. The number of halogens is 1. The Hall–Kier alpha value is -3.08. The van der Waals surface area contributed by atoms with E-state index in [0.717, 1.165) is 22.4 Å². The molecule has 5 rings (SSSR count). The molecular formula is C29H29FN2O. The largest absolute Gasteiger partial charge is 0.367 e. The van der Waals surface area contributed by atoms with Crippen LogP contribution in [0.2, 0.25) is 0 Å². The van der Waals surface area contributed by atoms with Gasteiger partial charge < -0.3 is 9.64 Å². The maximum absolute atomic E-state index is 13.5. The smallest absolute Gasteiger partial charge is 0.123 e. The Morgan fingerprint density at radius 2 is 1.73 bits per heavy atom. The van der Waals surface area contributed by atoms with Crippen molar-refractivity contribution >= 4 is 10.8 Å². The molecule has 0 saturated heterocycles. The van der Waals surface area contributed by atoms with Gasteiger partial charge in [-0.15, -0.1) is 0 Å². The highest BCUT2D eigenvalue weighted by atomic mass is 19.1. The van der Waals surface area contributed by atoms with Crippen molar-refractivity contribution in [2.75, 3.05) is 14.1 Å². The van der Waals surface area contributed by atoms with E-state index in [2.05, 4.69) is 80.3 Å². The van der Waals surface area contributed by atoms with Gasteiger partial charge in [-0.3, -0.25) is 4.98 Å². The van der Waals surface area contributed by atoms with Gasteiger partial charge in [0.05, 0.1) is 12.7 Å². The average molecular weight is 441 g/mol. The number of ether oxygens (including phenoxy) is 1. The van der Waals surface area contributed by atoms with Gasteiger partial charge in [0, 0.05) is 28.9 Å². The lowest BCUT2D eigenvalue weighted by molar-refractivity contribution is -0.0000191. The van der Waals surface area contributed by atoms with Crippen LogP contribution >= 0.6 is 0 Å². The van der Waals surface area contributed by atoms with Gasteiger partial charge in [-0.1, -0.05) is 55.5 Å². The SMILES string of the molecule is Cc1ncc(-c2ccc3c(c2)COC3C(C(C)c2ccc(F)cc2)N(C)C)c2ccccc12. The first-order valence-electron chi connectivity index (χ1n) is 11.4. The molecule has 33 heavy (non-hydrogen) atoms. The van der Waals surface area contributed by atoms with E-state index in [9.17, 15) is 4.39 Å². The predicted octanol–water partition coefficient (Wildman–Crippen LogP) is 6.65. The summed E-state index contributed by atoms with van der Waals surface area (Å²) in [5.74, 6) is -0.0260. The zero-order chi connectivity index (χ0) is 23.1. The molecule has 1 aromatic heterocycles. The number of hydrogen-bond acceptors (Lipinski definition) is 3. The van der Waals surface area contributed by atoms with E-state index in [1.165, 1.54) is 34.0 Å². The molecule has 1 aliphatic rings. The topological polar surface area (TPSA) is 25.4 Å². The molecule has 4 heteroatoms. The second-order valence-corrected chi connectivity index (χ2v) is 9.24. The molecule has 0 amide bonds. The van der Waals surface area contributed by atoms with Gasteiger partial charge >= 0.3 is 0 Å². The number of aromatic nitrogens is 1. The van der Waals surface area contributed by atoms with E-state index >= 15 is 0 Å². The quantitative estimate of drug-likeness (QED) is 0.347. The van der Waals surface area contributed by atoms with Gasteiger partial charge in [0.15, 0.2) is 0 Å². The molecule has 0 N–H and O–H groups in total. The number of benzene rings is 3. The fourth-order valence-electron chi connectivity index (χ4n) is 5.24. The van der Waals surface area contributed by atoms with Gasteiger partial charge in [-0.25, -0.2) is 4.39 Å². The van der Waals surface area contributed by atoms with E-state index in [4.69, 9.17) is 4.74 Å². The van der Waals surface area contributed by atoms with Crippen LogP contribution < -0.4 is 0 Å². The van der Waals surface area contributed by atoms with Crippen molar-refractivity contribution in [1.29, 1.82) is 0 Å². The highest BCUT2D eigenvalue weighted by Crippen LogP contribution is 2.42. The summed E-state index contributed by atoms with van der Waals surface area (Å²) in [6.07, 6.45) is 1.93. The van der Waals surface area contributed by atoms with E-state index in [1.807, 2.05) is 18.3 Å². The fourth-order valence-corrected chi connectivity index (χ4v) is 5.24. The summed E-state index contributed by atoms with van der Waals surface area (Å²) in [6.45, 7) is 4.83. The minimum atomic E-state index is -0.208. The van der Waals surface area contributed by atoms with Crippen LogP contribution in [0.15, 0.2) is 72.9 Å². The number of rotatable bonds is 5. The van der Waals surface area contributed by atoms with Crippen LogP contribution in [0, 0.1) is 12.7 Å². The lowest BCUT2D eigenvalue weighted by Crippen LogP contribution is -2.38. The van der Waals surface area contributed by atoms with Crippen molar-refractivity contribution in [1.82, 2.24) is 9.88 Å². The molecule has 0 fully saturated rings. The van der Waals surface area contributed by atoms with Crippen LogP contribution in [0.25, 0.3) is 21.9 Å². The summed E-state index contributed by atoms with van der Waals surface area (Å²) in [6, 6.07) is 22.1. The fraction of sp³-hybridized carbons (Fsp3) is 0.276. The van der Waals surface area contributed by atoms with Crippen molar-refractivity contribution in [2.45, 2.75) is 38.5 Å². The summed E-state index contributed by atoms with van der Waals surface area (Å²) in [5, 5.41) is 2.40. The third-order valence-corrected chi connectivity index (χ3v) is 6.99. The van der Waals surface area contributed by atoms with E-state index in [0.29, 0.717) is 6.61 Å². The van der Waals surface area contributed by atoms with Crippen molar-refractivity contribution in [2.24, 2.45) is 0 Å². The minimum Gasteiger partial charge on any atom is -0.367 e. The average Bonchev–Trinajstić information content (AvgIpc) is 3.22. The first-order valence-corrected chi connectivity index (χ1v) is 11.4. The molecule has 0 bridgehead atoms. The molecule has 0 saturated carbocycles. The van der Waals surface area contributed by atoms with Gasteiger partial charge in [-0.2, -0.15) is 0 Å². The molecule has 1 aliphatic heterocycles. The van der Waals surface area contributed by atoms with Gasteiger partial charge in [0.1, 0.15) is 5.82 Å². The van der Waals surface area contributed by atoms with Crippen molar-refractivity contribution in [3.8, 4) is 11.1 Å². The van der Waals surface area contributed by atoms with Gasteiger partial charge in [0.2, 0.25) is 0 Å². The predicted molar refractivity (Wildman–Crippen MR) is 132 cm³/mol. The summed E-state index contributed by atoms with van der Waals surface area (Å²) in [4.78, 5) is 6.86. The second-order valence-electron chi connectivity index (χ2n) is 9.24. The van der Waals surface area contributed by atoms with Gasteiger partial charge in [-0.05, 0) is 72.8 Å². The Balaban J connectivity index is 1.51. The molecule has 3 unspecified atom stereocenters. The molecule has 0 radical (unpaired) electrons. The van der Waals surface area contributed by atoms with Crippen LogP contribution in [-0.2, 0) is 11.3 Å². The molecule has 0 aliphatic carbocycles. The third kappa shape index (κ3) is 3.94. The highest BCUT2D eigenvalue weighted by molar-refractivity contribution is 5.97. The Bertz CT molecular complexity index is 1300. The number of nitrogens with zero attached hydrogens (tertiary/aromatic N) is 2. The van der Waals surface area contributed by atoms with Crippen molar-refractivity contribution < 1.29 is 9.13 Å². The third-order valence-electron chi connectivity index (χ3n) is 6.99. The first-order chi connectivity index (χ1) is 15.9. The number of likely N-dealkylation sites (N-methyl/N-ethyl adjacent to an activating group) is 1. The summed E-state index contributed by atoms with van der Waals surface area (Å²) in [7, 11) is 4.18. The minimum absolute atomic E-state index is 0.0445. The zero-order valence-corrected chi connectivity index (χ0v) is 19.5. The molecule has 2 heterocycles. The number of hydrogen-bond donors (Lipinski definition) is 0. The van der Waals surface area contributed by atoms with Gasteiger partial charge in [0.25, 0.3) is 0 Å². The van der Waals surface area contributed by atoms with E-state index in [-0.39, 0.29) is 23.9 Å². The number of fused-ring (bicyclic) bond motifs is 2. The van der Waals surface area contributed by atoms with E-state index < -0.39 is 0 Å². The molecular weight excluding hydrogens is 411 g/mol. The Morgan fingerprint density at radius 3 is 2.45 bits per heavy atom. The summed E-state index contributed by atoms with van der Waals surface area (Å²) < 4.78 is 19.8. The monoisotopic (exact) mass is 440 g/mol. The van der Waals surface area contributed by atoms with E-state index in [1.54, 1.807) is 0 Å². The second kappa shape index (κ2) is 8.69. The molecule has 3 nitrogen and oxygen atoms in total. The summed E-state index contributed by atoms with van der Waals surface area (Å²) >= 11 is 0. The van der Waals surface area contributed by atoms with Crippen LogP contribution in [0.4, 0.5) is 4.39 Å². The molecule has 3 aromatic carbocycles.